The molecule has 2 nitrogen and oxygen atoms in total. The number of hydrogen-bond acceptors (Lipinski definition) is 2. The first kappa shape index (κ1) is 15.3. The van der Waals surface area contributed by atoms with Crippen molar-refractivity contribution in [2.75, 3.05) is 26.2 Å². The van der Waals surface area contributed by atoms with Gasteiger partial charge in [-0.2, -0.15) is 0 Å². The molecule has 2 fully saturated rings. The Hall–Kier alpha value is -0.0800. The molecule has 1 unspecified atom stereocenters. The van der Waals surface area contributed by atoms with Crippen LogP contribution < -0.4 is 5.32 Å². The highest BCUT2D eigenvalue weighted by atomic mass is 15.2. The Morgan fingerprint density at radius 1 is 1.11 bits per heavy atom. The third kappa shape index (κ3) is 4.19. The number of likely N-dealkylation sites (tertiary alicyclic amines) is 1. The van der Waals surface area contributed by atoms with Crippen molar-refractivity contribution < 1.29 is 0 Å². The van der Waals surface area contributed by atoms with E-state index in [-0.39, 0.29) is 0 Å². The summed E-state index contributed by atoms with van der Waals surface area (Å²) in [5, 5.41) is 3.73. The van der Waals surface area contributed by atoms with Gasteiger partial charge in [-0.05, 0) is 57.0 Å². The molecule has 1 N–H and O–H groups in total. The van der Waals surface area contributed by atoms with E-state index in [1.54, 1.807) is 0 Å². The summed E-state index contributed by atoms with van der Waals surface area (Å²) in [6.45, 7) is 9.81. The molecule has 0 spiro atoms. The van der Waals surface area contributed by atoms with E-state index in [0.29, 0.717) is 5.41 Å². The molecule has 112 valence electrons. The van der Waals surface area contributed by atoms with Crippen LogP contribution in [0.1, 0.15) is 71.6 Å². The lowest BCUT2D eigenvalue weighted by atomic mass is 9.73. The highest BCUT2D eigenvalue weighted by molar-refractivity contribution is 4.91. The van der Waals surface area contributed by atoms with Crippen LogP contribution in [0.15, 0.2) is 0 Å². The summed E-state index contributed by atoms with van der Waals surface area (Å²) in [6, 6.07) is 0.880. The monoisotopic (exact) mass is 266 g/mol. The van der Waals surface area contributed by atoms with E-state index < -0.39 is 0 Å². The third-order valence-corrected chi connectivity index (χ3v) is 5.35. The fourth-order valence-electron chi connectivity index (χ4n) is 4.22. The first-order valence-electron chi connectivity index (χ1n) is 8.74. The smallest absolute Gasteiger partial charge is 0.00933 e. The second kappa shape index (κ2) is 7.64. The number of hydrogen-bond donors (Lipinski definition) is 1. The minimum absolute atomic E-state index is 0.588. The van der Waals surface area contributed by atoms with Crippen molar-refractivity contribution in [2.24, 2.45) is 5.41 Å². The van der Waals surface area contributed by atoms with Crippen LogP contribution in [-0.2, 0) is 0 Å². The molecule has 0 radical (unpaired) electrons. The van der Waals surface area contributed by atoms with Crippen LogP contribution in [0, 0.1) is 5.41 Å². The Kier molecular flexibility index (Phi) is 6.15. The Morgan fingerprint density at radius 3 is 2.58 bits per heavy atom. The summed E-state index contributed by atoms with van der Waals surface area (Å²) >= 11 is 0. The molecule has 0 aromatic heterocycles. The first-order valence-corrected chi connectivity index (χ1v) is 8.74. The lowest BCUT2D eigenvalue weighted by molar-refractivity contribution is 0.0936. The lowest BCUT2D eigenvalue weighted by Crippen LogP contribution is -2.46. The van der Waals surface area contributed by atoms with Crippen LogP contribution in [0.5, 0.6) is 0 Å². The van der Waals surface area contributed by atoms with E-state index in [0.717, 1.165) is 6.04 Å². The quantitative estimate of drug-likeness (QED) is 0.705. The molecule has 1 atom stereocenters. The number of nitrogens with zero attached hydrogens (tertiary/aromatic N) is 1. The zero-order valence-electron chi connectivity index (χ0n) is 13.2. The van der Waals surface area contributed by atoms with Gasteiger partial charge in [0.05, 0.1) is 0 Å². The molecule has 0 bridgehead atoms. The molecule has 0 amide bonds. The van der Waals surface area contributed by atoms with Gasteiger partial charge in [0.1, 0.15) is 0 Å². The van der Waals surface area contributed by atoms with Crippen molar-refractivity contribution in [3.63, 3.8) is 0 Å². The van der Waals surface area contributed by atoms with Gasteiger partial charge in [-0.1, -0.05) is 33.1 Å². The molecular formula is C17H34N2. The van der Waals surface area contributed by atoms with Crippen molar-refractivity contribution in [2.45, 2.75) is 77.7 Å². The van der Waals surface area contributed by atoms with E-state index in [1.165, 1.54) is 84.0 Å². The van der Waals surface area contributed by atoms with Gasteiger partial charge in [-0.15, -0.1) is 0 Å². The molecule has 0 aromatic rings. The largest absolute Gasteiger partial charge is 0.316 e. The summed E-state index contributed by atoms with van der Waals surface area (Å²) in [6.07, 6.45) is 12.8. The molecule has 1 saturated heterocycles. The summed E-state index contributed by atoms with van der Waals surface area (Å²) in [7, 11) is 0. The number of rotatable bonds is 7. The van der Waals surface area contributed by atoms with E-state index in [2.05, 4.69) is 24.1 Å². The van der Waals surface area contributed by atoms with Gasteiger partial charge in [0.15, 0.2) is 0 Å². The summed E-state index contributed by atoms with van der Waals surface area (Å²) in [5.74, 6) is 0. The van der Waals surface area contributed by atoms with E-state index in [1.807, 2.05) is 0 Å². The average molecular weight is 266 g/mol. The highest BCUT2D eigenvalue weighted by Gasteiger charge is 2.36. The van der Waals surface area contributed by atoms with Crippen molar-refractivity contribution in [1.29, 1.82) is 0 Å². The Morgan fingerprint density at radius 2 is 1.89 bits per heavy atom. The lowest BCUT2D eigenvalue weighted by Gasteiger charge is -2.42. The highest BCUT2D eigenvalue weighted by Crippen LogP contribution is 2.38. The molecule has 1 saturated carbocycles. The average Bonchev–Trinajstić information content (AvgIpc) is 2.87. The molecule has 1 aliphatic carbocycles. The van der Waals surface area contributed by atoms with Gasteiger partial charge < -0.3 is 5.32 Å². The molecule has 2 aliphatic rings. The minimum atomic E-state index is 0.588. The molecule has 19 heavy (non-hydrogen) atoms. The Labute approximate surface area is 120 Å². The SMILES string of the molecule is CCCNCC1(CN2CCCC2CC)CCCCC1. The molecular weight excluding hydrogens is 232 g/mol. The van der Waals surface area contributed by atoms with Gasteiger partial charge in [-0.25, -0.2) is 0 Å². The predicted molar refractivity (Wildman–Crippen MR) is 83.6 cm³/mol. The standard InChI is InChI=1S/C17H34N2/c1-3-12-18-14-17(10-6-5-7-11-17)15-19-13-8-9-16(19)4-2/h16,18H,3-15H2,1-2H3. The van der Waals surface area contributed by atoms with Crippen LogP contribution in [0.3, 0.4) is 0 Å². The van der Waals surface area contributed by atoms with Crippen molar-refractivity contribution >= 4 is 0 Å². The zero-order chi connectivity index (χ0) is 13.6. The molecule has 2 heteroatoms. The fraction of sp³-hybridized carbons (Fsp3) is 1.00. The van der Waals surface area contributed by atoms with Gasteiger partial charge in [-0.3, -0.25) is 4.90 Å². The van der Waals surface area contributed by atoms with Crippen molar-refractivity contribution in [3.05, 3.63) is 0 Å². The molecule has 2 rings (SSSR count). The maximum atomic E-state index is 3.73. The third-order valence-electron chi connectivity index (χ3n) is 5.35. The van der Waals surface area contributed by atoms with Crippen LogP contribution in [0.2, 0.25) is 0 Å². The Balaban J connectivity index is 1.92. The van der Waals surface area contributed by atoms with Gasteiger partial charge in [0.2, 0.25) is 0 Å². The van der Waals surface area contributed by atoms with Gasteiger partial charge >= 0.3 is 0 Å². The van der Waals surface area contributed by atoms with Crippen molar-refractivity contribution in [3.8, 4) is 0 Å². The Bertz CT molecular complexity index is 246. The van der Waals surface area contributed by atoms with Crippen LogP contribution in [0.4, 0.5) is 0 Å². The molecule has 0 aromatic carbocycles. The summed E-state index contributed by atoms with van der Waals surface area (Å²) in [4.78, 5) is 2.82. The second-order valence-electron chi connectivity index (χ2n) is 6.91. The van der Waals surface area contributed by atoms with E-state index >= 15 is 0 Å². The normalized spacial score (nSPS) is 27.8. The van der Waals surface area contributed by atoms with Crippen LogP contribution in [0.25, 0.3) is 0 Å². The summed E-state index contributed by atoms with van der Waals surface area (Å²) in [5.41, 5.74) is 0.588. The maximum Gasteiger partial charge on any atom is 0.00933 e. The van der Waals surface area contributed by atoms with Gasteiger partial charge in [0, 0.05) is 19.1 Å². The summed E-state index contributed by atoms with van der Waals surface area (Å²) < 4.78 is 0. The molecule has 1 aliphatic heterocycles. The van der Waals surface area contributed by atoms with E-state index in [9.17, 15) is 0 Å². The molecule has 1 heterocycles. The van der Waals surface area contributed by atoms with E-state index in [4.69, 9.17) is 0 Å². The maximum absolute atomic E-state index is 3.73. The topological polar surface area (TPSA) is 15.3 Å². The van der Waals surface area contributed by atoms with Crippen LogP contribution >= 0.6 is 0 Å². The number of nitrogens with one attached hydrogen (secondary N) is 1. The second-order valence-corrected chi connectivity index (χ2v) is 6.91. The van der Waals surface area contributed by atoms with Crippen molar-refractivity contribution in [1.82, 2.24) is 10.2 Å². The van der Waals surface area contributed by atoms with Gasteiger partial charge in [0.25, 0.3) is 0 Å². The van der Waals surface area contributed by atoms with Crippen LogP contribution in [-0.4, -0.2) is 37.1 Å². The first-order chi connectivity index (χ1) is 9.29. The zero-order valence-corrected chi connectivity index (χ0v) is 13.2. The minimum Gasteiger partial charge on any atom is -0.316 e. The fourth-order valence-corrected chi connectivity index (χ4v) is 4.22. The predicted octanol–water partition coefficient (Wildman–Crippen LogP) is 3.81.